The van der Waals surface area contributed by atoms with Gasteiger partial charge >= 0.3 is 0 Å². The van der Waals surface area contributed by atoms with Crippen LogP contribution in [0, 0.1) is 0 Å². The summed E-state index contributed by atoms with van der Waals surface area (Å²) in [6.45, 7) is 6.71. The lowest BCUT2D eigenvalue weighted by atomic mass is 9.83. The molecule has 0 saturated carbocycles. The molecule has 0 spiro atoms. The fourth-order valence-corrected chi connectivity index (χ4v) is 3.16. The smallest absolute Gasteiger partial charge is 0.0972 e. The highest BCUT2D eigenvalue weighted by molar-refractivity contribution is 6.03. The van der Waals surface area contributed by atoms with Crippen molar-refractivity contribution in [2.24, 2.45) is 0 Å². The van der Waals surface area contributed by atoms with E-state index in [4.69, 9.17) is 4.98 Å². The van der Waals surface area contributed by atoms with Crippen LogP contribution >= 0.6 is 0 Å². The van der Waals surface area contributed by atoms with Gasteiger partial charge in [0.05, 0.1) is 16.7 Å². The van der Waals surface area contributed by atoms with E-state index in [2.05, 4.69) is 74.3 Å². The van der Waals surface area contributed by atoms with Crippen LogP contribution in [0.3, 0.4) is 0 Å². The molecule has 0 saturated heterocycles. The molecule has 2 heterocycles. The molecule has 24 heavy (non-hydrogen) atoms. The van der Waals surface area contributed by atoms with Gasteiger partial charge in [-0.1, -0.05) is 69.3 Å². The first-order valence-corrected chi connectivity index (χ1v) is 8.28. The van der Waals surface area contributed by atoms with E-state index in [9.17, 15) is 0 Å². The molecule has 0 bridgehead atoms. The van der Waals surface area contributed by atoms with Gasteiger partial charge in [-0.2, -0.15) is 0 Å². The molecule has 4 rings (SSSR count). The molecule has 4 aromatic rings. The van der Waals surface area contributed by atoms with Gasteiger partial charge in [0.2, 0.25) is 0 Å². The zero-order chi connectivity index (χ0) is 16.7. The molecule has 0 fully saturated rings. The van der Waals surface area contributed by atoms with Crippen LogP contribution in [0.2, 0.25) is 0 Å². The van der Waals surface area contributed by atoms with Gasteiger partial charge in [0.25, 0.3) is 0 Å². The average molecular weight is 312 g/mol. The van der Waals surface area contributed by atoms with Crippen LogP contribution in [0.4, 0.5) is 0 Å². The van der Waals surface area contributed by atoms with E-state index >= 15 is 0 Å². The maximum absolute atomic E-state index is 5.08. The Morgan fingerprint density at radius 1 is 0.750 bits per heavy atom. The average Bonchev–Trinajstić information content (AvgIpc) is 2.60. The zero-order valence-electron chi connectivity index (χ0n) is 14.2. The summed E-state index contributed by atoms with van der Waals surface area (Å²) in [5, 5.41) is 2.27. The van der Waals surface area contributed by atoms with Crippen molar-refractivity contribution in [2.45, 2.75) is 26.2 Å². The van der Waals surface area contributed by atoms with Gasteiger partial charge in [-0.25, -0.2) is 4.98 Å². The van der Waals surface area contributed by atoms with Gasteiger partial charge in [0, 0.05) is 22.5 Å². The maximum Gasteiger partial charge on any atom is 0.0972 e. The normalized spacial score (nSPS) is 12.0. The third kappa shape index (κ3) is 2.44. The molecule has 0 aliphatic carbocycles. The third-order valence-electron chi connectivity index (χ3n) is 4.41. The standard InChI is InChI=1S/C22H20N2/c1-22(2,3)18-14-17-12-11-16-10-7-13-23-20(16)21(17)24-19(18)15-8-5-4-6-9-15/h4-14H,1-3H3. The van der Waals surface area contributed by atoms with Gasteiger partial charge < -0.3 is 0 Å². The first kappa shape index (κ1) is 14.8. The molecule has 0 aliphatic heterocycles. The lowest BCUT2D eigenvalue weighted by Crippen LogP contribution is -2.14. The summed E-state index contributed by atoms with van der Waals surface area (Å²) in [7, 11) is 0. The number of benzene rings is 2. The van der Waals surface area contributed by atoms with Crippen molar-refractivity contribution in [3.8, 4) is 11.3 Å². The van der Waals surface area contributed by atoms with Gasteiger partial charge in [-0.15, -0.1) is 0 Å². The largest absolute Gasteiger partial charge is 0.254 e. The van der Waals surface area contributed by atoms with E-state index in [0.29, 0.717) is 0 Å². The number of aromatic nitrogens is 2. The Morgan fingerprint density at radius 3 is 2.25 bits per heavy atom. The second-order valence-electron chi connectivity index (χ2n) is 7.21. The molecule has 0 unspecified atom stereocenters. The monoisotopic (exact) mass is 312 g/mol. The van der Waals surface area contributed by atoms with Crippen LogP contribution in [0.25, 0.3) is 33.1 Å². The minimum Gasteiger partial charge on any atom is -0.254 e. The van der Waals surface area contributed by atoms with E-state index in [-0.39, 0.29) is 5.41 Å². The predicted octanol–water partition coefficient (Wildman–Crippen LogP) is 5.75. The topological polar surface area (TPSA) is 25.8 Å². The van der Waals surface area contributed by atoms with E-state index in [0.717, 1.165) is 33.1 Å². The molecule has 2 aromatic heterocycles. The van der Waals surface area contributed by atoms with Gasteiger partial charge in [-0.3, -0.25) is 4.98 Å². The highest BCUT2D eigenvalue weighted by Gasteiger charge is 2.21. The van der Waals surface area contributed by atoms with Crippen molar-refractivity contribution < 1.29 is 0 Å². The number of rotatable bonds is 1. The predicted molar refractivity (Wildman–Crippen MR) is 101 cm³/mol. The number of nitrogens with zero attached hydrogens (tertiary/aromatic N) is 2. The van der Waals surface area contributed by atoms with Crippen LogP contribution in [0.5, 0.6) is 0 Å². The van der Waals surface area contributed by atoms with E-state index in [1.54, 1.807) is 0 Å². The number of hydrogen-bond acceptors (Lipinski definition) is 2. The summed E-state index contributed by atoms with van der Waals surface area (Å²) < 4.78 is 0. The molecule has 0 atom stereocenters. The van der Waals surface area contributed by atoms with Crippen LogP contribution < -0.4 is 0 Å². The fourth-order valence-electron chi connectivity index (χ4n) is 3.16. The Balaban J connectivity index is 2.13. The summed E-state index contributed by atoms with van der Waals surface area (Å²) in [6, 6.07) is 21.0. The van der Waals surface area contributed by atoms with Crippen molar-refractivity contribution in [3.05, 3.63) is 72.4 Å². The molecular formula is C22H20N2. The lowest BCUT2D eigenvalue weighted by Gasteiger charge is -2.23. The Hall–Kier alpha value is -2.74. The van der Waals surface area contributed by atoms with Crippen LogP contribution in [0.15, 0.2) is 66.9 Å². The van der Waals surface area contributed by atoms with Crippen molar-refractivity contribution in [1.29, 1.82) is 0 Å². The summed E-state index contributed by atoms with van der Waals surface area (Å²) in [5.41, 5.74) is 5.42. The maximum atomic E-state index is 5.08. The summed E-state index contributed by atoms with van der Waals surface area (Å²) >= 11 is 0. The minimum atomic E-state index is 0.0193. The summed E-state index contributed by atoms with van der Waals surface area (Å²) in [4.78, 5) is 9.65. The van der Waals surface area contributed by atoms with E-state index < -0.39 is 0 Å². The highest BCUT2D eigenvalue weighted by atomic mass is 14.8. The van der Waals surface area contributed by atoms with Gasteiger partial charge in [0.15, 0.2) is 0 Å². The molecule has 0 radical (unpaired) electrons. The molecule has 0 N–H and O–H groups in total. The van der Waals surface area contributed by atoms with Gasteiger partial charge in [0.1, 0.15) is 0 Å². The first-order chi connectivity index (χ1) is 11.5. The second-order valence-corrected chi connectivity index (χ2v) is 7.21. The molecule has 118 valence electrons. The molecular weight excluding hydrogens is 292 g/mol. The van der Waals surface area contributed by atoms with E-state index in [1.165, 1.54) is 5.56 Å². The van der Waals surface area contributed by atoms with Crippen LogP contribution in [-0.4, -0.2) is 9.97 Å². The van der Waals surface area contributed by atoms with Crippen LogP contribution in [-0.2, 0) is 5.41 Å². The second kappa shape index (κ2) is 5.41. The first-order valence-electron chi connectivity index (χ1n) is 8.28. The number of hydrogen-bond donors (Lipinski definition) is 0. The SMILES string of the molecule is CC(C)(C)c1cc2ccc3cccnc3c2nc1-c1ccccc1. The Labute approximate surface area is 142 Å². The fraction of sp³-hybridized carbons (Fsp3) is 0.182. The minimum absolute atomic E-state index is 0.0193. The summed E-state index contributed by atoms with van der Waals surface area (Å²) in [5.74, 6) is 0. The van der Waals surface area contributed by atoms with Crippen molar-refractivity contribution in [1.82, 2.24) is 9.97 Å². The zero-order valence-corrected chi connectivity index (χ0v) is 14.2. The van der Waals surface area contributed by atoms with Crippen molar-refractivity contribution in [3.63, 3.8) is 0 Å². The number of fused-ring (bicyclic) bond motifs is 3. The van der Waals surface area contributed by atoms with Crippen molar-refractivity contribution in [2.75, 3.05) is 0 Å². The molecule has 2 nitrogen and oxygen atoms in total. The quantitative estimate of drug-likeness (QED) is 0.418. The Kier molecular flexibility index (Phi) is 3.34. The van der Waals surface area contributed by atoms with E-state index in [1.807, 2.05) is 18.3 Å². The van der Waals surface area contributed by atoms with Crippen molar-refractivity contribution >= 4 is 21.8 Å². The molecule has 2 aromatic carbocycles. The molecule has 0 amide bonds. The molecule has 0 aliphatic rings. The molecule has 2 heteroatoms. The third-order valence-corrected chi connectivity index (χ3v) is 4.41. The van der Waals surface area contributed by atoms with Gasteiger partial charge in [-0.05, 0) is 23.1 Å². The Morgan fingerprint density at radius 2 is 1.50 bits per heavy atom. The summed E-state index contributed by atoms with van der Waals surface area (Å²) in [6.07, 6.45) is 1.84. The highest BCUT2D eigenvalue weighted by Crippen LogP contribution is 2.35. The Bertz CT molecular complexity index is 1030. The lowest BCUT2D eigenvalue weighted by molar-refractivity contribution is 0.591. The van der Waals surface area contributed by atoms with Crippen LogP contribution in [0.1, 0.15) is 26.3 Å². The number of pyridine rings is 2.